The predicted molar refractivity (Wildman–Crippen MR) is 105 cm³/mol. The molecule has 0 fully saturated rings. The molecule has 4 rings (SSSR count). The lowest BCUT2D eigenvalue weighted by molar-refractivity contribution is -0.149. The molecule has 1 aliphatic carbocycles. The van der Waals surface area contributed by atoms with Crippen molar-refractivity contribution in [1.82, 2.24) is 20.3 Å². The highest BCUT2D eigenvalue weighted by Gasteiger charge is 2.22. The van der Waals surface area contributed by atoms with Crippen LogP contribution < -0.4 is 10.9 Å². The zero-order chi connectivity index (χ0) is 20.2. The number of hydrogen-bond donors (Lipinski definition) is 1. The summed E-state index contributed by atoms with van der Waals surface area (Å²) in [5, 5.41) is 10.9. The van der Waals surface area contributed by atoms with E-state index in [2.05, 4.69) is 21.7 Å². The van der Waals surface area contributed by atoms with Gasteiger partial charge in [0.15, 0.2) is 6.61 Å². The number of nitrogens with zero attached hydrogens (tertiary/aromatic N) is 3. The number of amides is 1. The fraction of sp³-hybridized carbons (Fsp3) is 0.286. The van der Waals surface area contributed by atoms with Gasteiger partial charge in [-0.2, -0.15) is 4.68 Å². The Morgan fingerprint density at radius 1 is 1.14 bits per heavy atom. The molecule has 0 aliphatic heterocycles. The van der Waals surface area contributed by atoms with E-state index in [-0.39, 0.29) is 11.9 Å². The second-order valence-electron chi connectivity index (χ2n) is 6.94. The van der Waals surface area contributed by atoms with E-state index in [0.29, 0.717) is 10.9 Å². The van der Waals surface area contributed by atoms with Crippen LogP contribution in [0.1, 0.15) is 30.0 Å². The van der Waals surface area contributed by atoms with E-state index in [1.807, 2.05) is 18.2 Å². The second-order valence-corrected chi connectivity index (χ2v) is 6.94. The third-order valence-corrected chi connectivity index (χ3v) is 4.98. The number of esters is 1. The number of aryl methyl sites for hydroxylation is 1. The van der Waals surface area contributed by atoms with Gasteiger partial charge in [-0.15, -0.1) is 5.10 Å². The molecular weight excluding hydrogens is 372 g/mol. The monoisotopic (exact) mass is 392 g/mol. The van der Waals surface area contributed by atoms with Gasteiger partial charge in [0.2, 0.25) is 0 Å². The average Bonchev–Trinajstić information content (AvgIpc) is 2.75. The number of nitrogens with one attached hydrogen (secondary N) is 1. The van der Waals surface area contributed by atoms with Gasteiger partial charge in [0.1, 0.15) is 12.1 Å². The average molecular weight is 392 g/mol. The van der Waals surface area contributed by atoms with Crippen molar-refractivity contribution in [3.05, 3.63) is 70.0 Å². The van der Waals surface area contributed by atoms with Gasteiger partial charge in [0.25, 0.3) is 11.5 Å². The zero-order valence-corrected chi connectivity index (χ0v) is 15.7. The van der Waals surface area contributed by atoms with Crippen LogP contribution >= 0.6 is 0 Å². The number of hydrogen-bond acceptors (Lipinski definition) is 6. The highest BCUT2D eigenvalue weighted by molar-refractivity contribution is 5.81. The number of carbonyl (C=O) groups excluding carboxylic acids is 2. The molecule has 8 nitrogen and oxygen atoms in total. The molecule has 1 atom stereocenters. The van der Waals surface area contributed by atoms with Crippen molar-refractivity contribution in [2.75, 3.05) is 6.61 Å². The summed E-state index contributed by atoms with van der Waals surface area (Å²) < 4.78 is 5.96. The van der Waals surface area contributed by atoms with Crippen molar-refractivity contribution >= 4 is 22.8 Å². The summed E-state index contributed by atoms with van der Waals surface area (Å²) >= 11 is 0. The molecule has 0 saturated heterocycles. The molecule has 1 heterocycles. The second kappa shape index (κ2) is 8.22. The molecule has 1 unspecified atom stereocenters. The first kappa shape index (κ1) is 18.8. The van der Waals surface area contributed by atoms with Crippen LogP contribution in [0.5, 0.6) is 0 Å². The lowest BCUT2D eigenvalue weighted by Crippen LogP contribution is -2.35. The van der Waals surface area contributed by atoms with Crippen LogP contribution in [-0.2, 0) is 27.3 Å². The summed E-state index contributed by atoms with van der Waals surface area (Å²) in [4.78, 5) is 36.7. The molecule has 2 aromatic carbocycles. The Morgan fingerprint density at radius 2 is 1.93 bits per heavy atom. The molecule has 3 aromatic rings. The molecule has 0 spiro atoms. The van der Waals surface area contributed by atoms with Gasteiger partial charge in [-0.3, -0.25) is 14.4 Å². The van der Waals surface area contributed by atoms with Gasteiger partial charge >= 0.3 is 5.97 Å². The summed E-state index contributed by atoms with van der Waals surface area (Å²) in [5.41, 5.74) is 2.36. The number of carbonyl (C=O) groups is 2. The topological polar surface area (TPSA) is 103 Å². The first-order chi connectivity index (χ1) is 14.1. The lowest BCUT2D eigenvalue weighted by Gasteiger charge is -2.26. The highest BCUT2D eigenvalue weighted by atomic mass is 16.5. The van der Waals surface area contributed by atoms with Crippen molar-refractivity contribution in [3.8, 4) is 0 Å². The van der Waals surface area contributed by atoms with E-state index in [1.54, 1.807) is 24.3 Å². The van der Waals surface area contributed by atoms with E-state index in [0.717, 1.165) is 29.5 Å². The predicted octanol–water partition coefficient (Wildman–Crippen LogP) is 1.53. The molecular formula is C21H20N4O4. The Balaban J connectivity index is 1.34. The number of ether oxygens (including phenoxy) is 1. The van der Waals surface area contributed by atoms with E-state index in [4.69, 9.17) is 4.74 Å². The normalized spacial score (nSPS) is 15.5. The smallest absolute Gasteiger partial charge is 0.328 e. The maximum atomic E-state index is 12.4. The molecule has 1 amide bonds. The number of fused-ring (bicyclic) bond motifs is 2. The van der Waals surface area contributed by atoms with Gasteiger partial charge in [-0.05, 0) is 42.5 Å². The highest BCUT2D eigenvalue weighted by Crippen LogP contribution is 2.29. The molecule has 0 radical (unpaired) electrons. The van der Waals surface area contributed by atoms with Gasteiger partial charge < -0.3 is 10.1 Å². The summed E-state index contributed by atoms with van der Waals surface area (Å²) in [7, 11) is 0. The van der Waals surface area contributed by atoms with Crippen LogP contribution in [-0.4, -0.2) is 33.5 Å². The molecule has 1 aromatic heterocycles. The third kappa shape index (κ3) is 4.16. The first-order valence-corrected chi connectivity index (χ1v) is 9.47. The van der Waals surface area contributed by atoms with Gasteiger partial charge in [-0.25, -0.2) is 0 Å². The Morgan fingerprint density at radius 3 is 2.83 bits per heavy atom. The lowest BCUT2D eigenvalue weighted by atomic mass is 9.88. The Labute approximate surface area is 166 Å². The van der Waals surface area contributed by atoms with Crippen molar-refractivity contribution in [2.24, 2.45) is 0 Å². The first-order valence-electron chi connectivity index (χ1n) is 9.47. The van der Waals surface area contributed by atoms with Gasteiger partial charge in [0.05, 0.1) is 11.4 Å². The quantitative estimate of drug-likeness (QED) is 0.661. The van der Waals surface area contributed by atoms with Crippen LogP contribution in [0, 0.1) is 0 Å². The van der Waals surface area contributed by atoms with Crippen molar-refractivity contribution < 1.29 is 14.3 Å². The standard InChI is InChI=1S/C21H20N4O4/c26-19(22-17-11-5-7-14-6-1-2-8-15(14)17)13-29-20(27)12-25-21(28)16-9-3-4-10-18(16)23-24-25/h1-4,6,8-10,17H,5,7,11-13H2,(H,22,26). The third-order valence-electron chi connectivity index (χ3n) is 4.98. The number of aromatic nitrogens is 3. The summed E-state index contributed by atoms with van der Waals surface area (Å²) in [6, 6.07) is 14.7. The van der Waals surface area contributed by atoms with Crippen LogP contribution in [0.3, 0.4) is 0 Å². The molecule has 148 valence electrons. The molecule has 1 aliphatic rings. The van der Waals surface area contributed by atoms with E-state index >= 15 is 0 Å². The maximum Gasteiger partial charge on any atom is 0.328 e. The van der Waals surface area contributed by atoms with Crippen molar-refractivity contribution in [2.45, 2.75) is 31.8 Å². The van der Waals surface area contributed by atoms with Crippen LogP contribution in [0.15, 0.2) is 53.3 Å². The largest absolute Gasteiger partial charge is 0.454 e. The minimum absolute atomic E-state index is 0.0832. The van der Waals surface area contributed by atoms with Crippen LogP contribution in [0.25, 0.3) is 10.9 Å². The van der Waals surface area contributed by atoms with E-state index in [1.165, 1.54) is 5.56 Å². The minimum Gasteiger partial charge on any atom is -0.454 e. The van der Waals surface area contributed by atoms with Gasteiger partial charge in [0, 0.05) is 0 Å². The van der Waals surface area contributed by atoms with Crippen molar-refractivity contribution in [3.63, 3.8) is 0 Å². The molecule has 0 bridgehead atoms. The molecule has 8 heteroatoms. The van der Waals surface area contributed by atoms with Crippen molar-refractivity contribution in [1.29, 1.82) is 0 Å². The minimum atomic E-state index is -0.726. The summed E-state index contributed by atoms with van der Waals surface area (Å²) in [5.74, 6) is -1.10. The zero-order valence-electron chi connectivity index (χ0n) is 15.7. The molecule has 1 N–H and O–H groups in total. The molecule has 29 heavy (non-hydrogen) atoms. The Kier molecular flexibility index (Phi) is 5.33. The Hall–Kier alpha value is -3.55. The van der Waals surface area contributed by atoms with E-state index in [9.17, 15) is 14.4 Å². The summed E-state index contributed by atoms with van der Waals surface area (Å²) in [6.45, 7) is -0.816. The fourth-order valence-electron chi connectivity index (χ4n) is 3.58. The van der Waals surface area contributed by atoms with Gasteiger partial charge in [-0.1, -0.05) is 41.6 Å². The molecule has 0 saturated carbocycles. The van der Waals surface area contributed by atoms with E-state index < -0.39 is 24.7 Å². The maximum absolute atomic E-state index is 12.4. The fourth-order valence-corrected chi connectivity index (χ4v) is 3.58. The number of rotatable bonds is 5. The number of benzene rings is 2. The SMILES string of the molecule is O=C(COC(=O)Cn1nnc2ccccc2c1=O)NC1CCCc2ccccc21. The van der Waals surface area contributed by atoms with Crippen LogP contribution in [0.4, 0.5) is 0 Å². The summed E-state index contributed by atoms with van der Waals surface area (Å²) in [6.07, 6.45) is 2.84. The Bertz CT molecular complexity index is 1120. The van der Waals surface area contributed by atoms with Crippen LogP contribution in [0.2, 0.25) is 0 Å².